The number of carbonyl (C=O) groups excluding carboxylic acids is 1. The van der Waals surface area contributed by atoms with Crippen LogP contribution in [0.4, 0.5) is 18.9 Å². The quantitative estimate of drug-likeness (QED) is 0.236. The molecule has 14 heteroatoms. The van der Waals surface area contributed by atoms with Gasteiger partial charge in [0.1, 0.15) is 22.9 Å². The van der Waals surface area contributed by atoms with Crippen LogP contribution < -0.4 is 19.8 Å². The lowest BCUT2D eigenvalue weighted by Crippen LogP contribution is -2.33. The molecule has 0 aliphatic heterocycles. The van der Waals surface area contributed by atoms with E-state index in [1.807, 2.05) is 0 Å². The summed E-state index contributed by atoms with van der Waals surface area (Å²) in [5.41, 5.74) is 1.72. The lowest BCUT2D eigenvalue weighted by atomic mass is 9.79. The monoisotopic (exact) mass is 602 g/mol. The highest BCUT2D eigenvalue weighted by Crippen LogP contribution is 2.48. The van der Waals surface area contributed by atoms with Crippen LogP contribution in [0.1, 0.15) is 40.2 Å². The van der Waals surface area contributed by atoms with Crippen molar-refractivity contribution in [3.63, 3.8) is 0 Å². The molecule has 0 radical (unpaired) electrons. The summed E-state index contributed by atoms with van der Waals surface area (Å²) in [7, 11) is -4.60. The number of ether oxygens (including phenoxy) is 1. The van der Waals surface area contributed by atoms with Crippen molar-refractivity contribution in [1.82, 2.24) is 5.32 Å². The number of hydrogen-bond donors (Lipinski definition) is 3. The second-order valence-electron chi connectivity index (χ2n) is 9.97. The number of anilines is 1. The molecular weight excluding hydrogens is 576 g/mol. The van der Waals surface area contributed by atoms with Crippen LogP contribution in [0.5, 0.6) is 5.75 Å². The highest BCUT2D eigenvalue weighted by molar-refractivity contribution is 7.92. The maximum absolute atomic E-state index is 13.6. The zero-order valence-electron chi connectivity index (χ0n) is 22.5. The predicted molar refractivity (Wildman–Crippen MR) is 151 cm³/mol. The van der Waals surface area contributed by atoms with E-state index >= 15 is 0 Å². The summed E-state index contributed by atoms with van der Waals surface area (Å²) in [6, 6.07) is 12.3. The van der Waals surface area contributed by atoms with Crippen molar-refractivity contribution in [2.45, 2.75) is 31.9 Å². The first-order valence-corrected chi connectivity index (χ1v) is 14.7. The van der Waals surface area contributed by atoms with Crippen molar-refractivity contribution < 1.29 is 45.6 Å². The van der Waals surface area contributed by atoms with Gasteiger partial charge in [-0.25, -0.2) is 12.8 Å². The van der Waals surface area contributed by atoms with Crippen LogP contribution in [0.15, 0.2) is 59.0 Å². The van der Waals surface area contributed by atoms with Crippen LogP contribution in [0.2, 0.25) is 0 Å². The third-order valence-electron chi connectivity index (χ3n) is 6.98. The number of benzene rings is 3. The molecule has 1 fully saturated rings. The number of nitrogens with one attached hydrogen (secondary N) is 1. The average molecular weight is 602 g/mol. The Kier molecular flexibility index (Phi) is 7.97. The van der Waals surface area contributed by atoms with Gasteiger partial charge in [0, 0.05) is 29.5 Å². The molecule has 42 heavy (non-hydrogen) atoms. The van der Waals surface area contributed by atoms with E-state index in [1.54, 1.807) is 6.07 Å². The summed E-state index contributed by atoms with van der Waals surface area (Å²) in [5, 5.41) is 22.1. The number of nitrogens with zero attached hydrogens (tertiary/aromatic N) is 1. The molecule has 3 aromatic carbocycles. The highest BCUT2D eigenvalue weighted by atomic mass is 32.2. The van der Waals surface area contributed by atoms with Crippen LogP contribution in [0, 0.1) is 5.82 Å². The SMILES string of the molecule is CNC(=O)c1c(-c2ccc(F)cc2)oc2cc(N(Cc3ccc(B(O)O)c(OC(F)F)c3)S(C)(=O)=O)c(C3CC3)cc12. The minimum absolute atomic E-state index is 0.00000114. The number of fused-ring (bicyclic) bond motifs is 1. The second kappa shape index (κ2) is 11.3. The Bertz CT molecular complexity index is 1760. The maximum Gasteiger partial charge on any atom is 0.492 e. The number of rotatable bonds is 10. The molecule has 1 aliphatic carbocycles. The molecule has 220 valence electrons. The zero-order valence-corrected chi connectivity index (χ0v) is 23.3. The average Bonchev–Trinajstić information content (AvgIpc) is 3.70. The molecule has 9 nitrogen and oxygen atoms in total. The Labute approximate surface area is 239 Å². The van der Waals surface area contributed by atoms with E-state index in [-0.39, 0.29) is 46.1 Å². The molecule has 5 rings (SSSR count). The van der Waals surface area contributed by atoms with Crippen LogP contribution in [0.3, 0.4) is 0 Å². The third-order valence-corrected chi connectivity index (χ3v) is 8.11. The molecule has 0 atom stereocenters. The molecule has 1 heterocycles. The maximum atomic E-state index is 13.6. The molecular formula is C28H26BF3N2O7S. The van der Waals surface area contributed by atoms with Gasteiger partial charge in [-0.1, -0.05) is 12.1 Å². The molecule has 0 saturated heterocycles. The minimum Gasteiger partial charge on any atom is -0.455 e. The van der Waals surface area contributed by atoms with Gasteiger partial charge in [-0.3, -0.25) is 9.10 Å². The van der Waals surface area contributed by atoms with Gasteiger partial charge in [0.15, 0.2) is 0 Å². The predicted octanol–water partition coefficient (Wildman–Crippen LogP) is 3.72. The Morgan fingerprint density at radius 3 is 2.40 bits per heavy atom. The lowest BCUT2D eigenvalue weighted by Gasteiger charge is -2.26. The van der Waals surface area contributed by atoms with E-state index in [9.17, 15) is 36.4 Å². The Hall–Kier alpha value is -4.01. The van der Waals surface area contributed by atoms with Gasteiger partial charge in [-0.05, 0) is 66.3 Å². The number of furan rings is 1. The number of carbonyl (C=O) groups is 1. The van der Waals surface area contributed by atoms with Gasteiger partial charge in [0.25, 0.3) is 5.91 Å². The molecule has 0 bridgehead atoms. The second-order valence-corrected chi connectivity index (χ2v) is 11.9. The van der Waals surface area contributed by atoms with Gasteiger partial charge in [0.2, 0.25) is 10.0 Å². The normalized spacial score (nSPS) is 13.4. The number of halogens is 3. The molecule has 0 spiro atoms. The Balaban J connectivity index is 1.67. The van der Waals surface area contributed by atoms with E-state index < -0.39 is 41.2 Å². The van der Waals surface area contributed by atoms with Gasteiger partial charge >= 0.3 is 13.7 Å². The van der Waals surface area contributed by atoms with E-state index in [0.29, 0.717) is 16.5 Å². The number of sulfonamides is 1. The van der Waals surface area contributed by atoms with Crippen LogP contribution in [-0.2, 0) is 16.6 Å². The van der Waals surface area contributed by atoms with Gasteiger partial charge in [-0.2, -0.15) is 8.78 Å². The summed E-state index contributed by atoms with van der Waals surface area (Å²) < 4.78 is 77.6. The van der Waals surface area contributed by atoms with E-state index in [0.717, 1.165) is 29.5 Å². The van der Waals surface area contributed by atoms with Crippen molar-refractivity contribution in [3.8, 4) is 17.1 Å². The first kappa shape index (κ1) is 29.5. The van der Waals surface area contributed by atoms with Gasteiger partial charge < -0.3 is 24.5 Å². The number of amides is 1. The molecule has 1 saturated carbocycles. The van der Waals surface area contributed by atoms with E-state index in [1.165, 1.54) is 49.5 Å². The van der Waals surface area contributed by atoms with Crippen molar-refractivity contribution in [2.75, 3.05) is 17.6 Å². The topological polar surface area (TPSA) is 129 Å². The smallest absolute Gasteiger partial charge is 0.455 e. The van der Waals surface area contributed by atoms with E-state index in [2.05, 4.69) is 10.1 Å². The summed E-state index contributed by atoms with van der Waals surface area (Å²) in [4.78, 5) is 13.0. The van der Waals surface area contributed by atoms with Crippen LogP contribution in [0.25, 0.3) is 22.3 Å². The molecule has 1 amide bonds. The fraction of sp³-hybridized carbons (Fsp3) is 0.250. The van der Waals surface area contributed by atoms with Crippen LogP contribution in [-0.4, -0.2) is 51.4 Å². The summed E-state index contributed by atoms with van der Waals surface area (Å²) in [6.07, 6.45) is 2.56. The summed E-state index contributed by atoms with van der Waals surface area (Å²) in [5.74, 6) is -1.24. The lowest BCUT2D eigenvalue weighted by molar-refractivity contribution is -0.0492. The van der Waals surface area contributed by atoms with Crippen LogP contribution >= 0.6 is 0 Å². The number of hydrogen-bond acceptors (Lipinski definition) is 7. The Morgan fingerprint density at radius 2 is 1.83 bits per heavy atom. The standard InChI is InChI=1S/C28H26BF3N2O7S/c1-33-27(35)25-20-12-19(16-4-5-16)22(13-23(20)40-26(25)17-6-8-18(30)9-7-17)34(42(2,38)39)14-15-3-10-21(29(36)37)24(11-15)41-28(31)32/h3,6-13,16,28,36-37H,4-5,14H2,1-2H3,(H,33,35). The number of alkyl halides is 2. The van der Waals surface area contributed by atoms with Crippen molar-refractivity contribution in [3.05, 3.63) is 77.1 Å². The molecule has 1 aromatic heterocycles. The summed E-state index contributed by atoms with van der Waals surface area (Å²) in [6.45, 7) is -3.56. The Morgan fingerprint density at radius 1 is 1.14 bits per heavy atom. The first-order chi connectivity index (χ1) is 19.9. The van der Waals surface area contributed by atoms with E-state index in [4.69, 9.17) is 4.42 Å². The first-order valence-electron chi connectivity index (χ1n) is 12.9. The largest absolute Gasteiger partial charge is 0.492 e. The fourth-order valence-corrected chi connectivity index (χ4v) is 5.78. The third kappa shape index (κ3) is 5.96. The van der Waals surface area contributed by atoms with Gasteiger partial charge in [0.05, 0.1) is 24.1 Å². The molecule has 0 unspecified atom stereocenters. The van der Waals surface area contributed by atoms with Crippen molar-refractivity contribution >= 4 is 45.2 Å². The molecule has 4 aromatic rings. The van der Waals surface area contributed by atoms with Crippen molar-refractivity contribution in [1.29, 1.82) is 0 Å². The minimum atomic E-state index is -3.97. The van der Waals surface area contributed by atoms with Gasteiger partial charge in [-0.15, -0.1) is 0 Å². The molecule has 3 N–H and O–H groups in total. The highest BCUT2D eigenvalue weighted by Gasteiger charge is 2.33. The fourth-order valence-electron chi connectivity index (χ4n) is 4.88. The molecule has 1 aliphatic rings. The summed E-state index contributed by atoms with van der Waals surface area (Å²) >= 11 is 0. The van der Waals surface area contributed by atoms with Crippen molar-refractivity contribution in [2.24, 2.45) is 0 Å². The zero-order chi connectivity index (χ0) is 30.3.